The molecule has 2 aromatic carbocycles. The van der Waals surface area contributed by atoms with Crippen molar-refractivity contribution in [1.82, 2.24) is 0 Å². The van der Waals surface area contributed by atoms with Crippen LogP contribution < -0.4 is 5.32 Å². The molecule has 5 nitrogen and oxygen atoms in total. The molecule has 172 valence electrons. The molecule has 2 fully saturated rings. The number of carbonyl (C=O) groups is 1. The van der Waals surface area contributed by atoms with Crippen LogP contribution in [0.4, 0.5) is 5.69 Å². The van der Waals surface area contributed by atoms with E-state index in [1.807, 2.05) is 0 Å². The Morgan fingerprint density at radius 2 is 1.78 bits per heavy atom. The fourth-order valence-corrected chi connectivity index (χ4v) is 6.73. The minimum atomic E-state index is -1.23. The third kappa shape index (κ3) is 3.41. The van der Waals surface area contributed by atoms with Crippen LogP contribution in [0.3, 0.4) is 0 Å². The molecule has 4 N–H and O–H groups in total. The Balaban J connectivity index is 1.82. The lowest BCUT2D eigenvalue weighted by Crippen LogP contribution is -2.31. The summed E-state index contributed by atoms with van der Waals surface area (Å²) in [6.45, 7) is 6.87. The highest BCUT2D eigenvalue weighted by Crippen LogP contribution is 2.72. The van der Waals surface area contributed by atoms with Crippen molar-refractivity contribution >= 4 is 46.5 Å². The fraction of sp³-hybridized carbons (Fsp3) is 0.458. The fourth-order valence-electron chi connectivity index (χ4n) is 5.92. The highest BCUT2D eigenvalue weighted by Gasteiger charge is 2.62. The second-order valence-electron chi connectivity index (χ2n) is 9.76. The number of aromatic hydroxyl groups is 2. The summed E-state index contributed by atoms with van der Waals surface area (Å²) >= 11 is 18.7. The van der Waals surface area contributed by atoms with Gasteiger partial charge in [-0.25, -0.2) is 4.79 Å². The van der Waals surface area contributed by atoms with Gasteiger partial charge in [0.1, 0.15) is 17.1 Å². The number of benzene rings is 2. The monoisotopic (exact) mass is 497 g/mol. The average Bonchev–Trinajstić information content (AvgIpc) is 3.04. The smallest absolute Gasteiger partial charge is 0.339 e. The molecule has 4 rings (SSSR count). The molecule has 0 aliphatic heterocycles. The topological polar surface area (TPSA) is 89.8 Å². The van der Waals surface area contributed by atoms with Crippen molar-refractivity contribution < 1.29 is 20.1 Å². The van der Waals surface area contributed by atoms with E-state index in [2.05, 4.69) is 26.1 Å². The van der Waals surface area contributed by atoms with Gasteiger partial charge >= 0.3 is 5.97 Å². The maximum Gasteiger partial charge on any atom is 0.339 e. The molecule has 32 heavy (non-hydrogen) atoms. The van der Waals surface area contributed by atoms with Gasteiger partial charge in [-0.05, 0) is 60.1 Å². The summed E-state index contributed by atoms with van der Waals surface area (Å²) < 4.78 is 0. The average molecular weight is 499 g/mol. The molecule has 2 aliphatic rings. The Bertz CT molecular complexity index is 1120. The normalized spacial score (nSPS) is 25.8. The van der Waals surface area contributed by atoms with E-state index < -0.39 is 5.97 Å². The first kappa shape index (κ1) is 23.3. The third-order valence-corrected chi connectivity index (χ3v) is 9.03. The number of rotatable bonds is 5. The molecule has 0 radical (unpaired) electrons. The summed E-state index contributed by atoms with van der Waals surface area (Å²) in [5.41, 5.74) is 1.18. The molecular formula is C24H26Cl3NO4. The second-order valence-corrected chi connectivity index (χ2v) is 11.0. The van der Waals surface area contributed by atoms with Crippen LogP contribution in [0.15, 0.2) is 18.2 Å². The molecule has 2 saturated carbocycles. The number of anilines is 1. The number of halogens is 3. The Kier molecular flexibility index (Phi) is 5.76. The standard InChI is InChI=1S/C24H26Cl3NO4/c1-23(2)12-4-5-24(23,3)15(7-12)18-19(16(26)9-14(21(18)30)22(31)32)28-10-11-6-13(25)8-17(27)20(11)29/h6,8-9,12,15,28-30H,4-5,7,10H2,1-3H3,(H,31,32). The van der Waals surface area contributed by atoms with Crippen LogP contribution >= 0.6 is 34.8 Å². The zero-order chi connectivity index (χ0) is 23.6. The molecule has 0 spiro atoms. The summed E-state index contributed by atoms with van der Waals surface area (Å²) in [5.74, 6) is -1.17. The van der Waals surface area contributed by atoms with E-state index in [9.17, 15) is 20.1 Å². The number of aromatic carboxylic acids is 1. The van der Waals surface area contributed by atoms with Gasteiger partial charge in [0, 0.05) is 22.7 Å². The first-order valence-electron chi connectivity index (χ1n) is 10.6. The van der Waals surface area contributed by atoms with Crippen LogP contribution in [-0.4, -0.2) is 21.3 Å². The maximum atomic E-state index is 11.8. The molecule has 2 aromatic rings. The van der Waals surface area contributed by atoms with Crippen molar-refractivity contribution in [3.8, 4) is 11.5 Å². The highest BCUT2D eigenvalue weighted by molar-refractivity contribution is 6.35. The van der Waals surface area contributed by atoms with Gasteiger partial charge in [0.05, 0.1) is 15.7 Å². The van der Waals surface area contributed by atoms with Gasteiger partial charge in [-0.1, -0.05) is 55.6 Å². The number of carboxylic acid groups (broad SMARTS) is 1. The van der Waals surface area contributed by atoms with E-state index in [-0.39, 0.29) is 50.4 Å². The first-order valence-corrected chi connectivity index (χ1v) is 11.7. The van der Waals surface area contributed by atoms with Crippen molar-refractivity contribution in [2.24, 2.45) is 16.7 Å². The van der Waals surface area contributed by atoms with Crippen molar-refractivity contribution in [2.45, 2.75) is 52.5 Å². The lowest BCUT2D eigenvalue weighted by Gasteiger charge is -2.40. The molecule has 2 bridgehead atoms. The Hall–Kier alpha value is -1.82. The van der Waals surface area contributed by atoms with E-state index in [4.69, 9.17) is 34.8 Å². The Labute approximate surface area is 202 Å². The van der Waals surface area contributed by atoms with Gasteiger partial charge in [-0.2, -0.15) is 0 Å². The van der Waals surface area contributed by atoms with Gasteiger partial charge in [-0.15, -0.1) is 0 Å². The Morgan fingerprint density at radius 3 is 2.34 bits per heavy atom. The van der Waals surface area contributed by atoms with Crippen molar-refractivity contribution in [1.29, 1.82) is 0 Å². The quantitative estimate of drug-likeness (QED) is 0.347. The minimum Gasteiger partial charge on any atom is -0.507 e. The number of fused-ring (bicyclic) bond motifs is 2. The molecule has 0 aromatic heterocycles. The molecular weight excluding hydrogens is 473 g/mol. The first-order chi connectivity index (χ1) is 14.9. The van der Waals surface area contributed by atoms with Crippen LogP contribution in [0.2, 0.25) is 15.1 Å². The van der Waals surface area contributed by atoms with Crippen LogP contribution in [0.5, 0.6) is 11.5 Å². The zero-order valence-electron chi connectivity index (χ0n) is 18.1. The van der Waals surface area contributed by atoms with Gasteiger partial charge in [0.25, 0.3) is 0 Å². The number of phenolic OH excluding ortho intramolecular Hbond substituents is 1. The van der Waals surface area contributed by atoms with Gasteiger partial charge in [0.15, 0.2) is 0 Å². The van der Waals surface area contributed by atoms with Gasteiger partial charge in [-0.3, -0.25) is 0 Å². The molecule has 0 saturated heterocycles. The Morgan fingerprint density at radius 1 is 1.09 bits per heavy atom. The third-order valence-electron chi connectivity index (χ3n) is 8.23. The summed E-state index contributed by atoms with van der Waals surface area (Å²) in [6, 6.07) is 4.30. The van der Waals surface area contributed by atoms with E-state index >= 15 is 0 Å². The highest BCUT2D eigenvalue weighted by atomic mass is 35.5. The number of phenols is 2. The van der Waals surface area contributed by atoms with E-state index in [0.29, 0.717) is 27.8 Å². The molecule has 0 amide bonds. The molecule has 2 aliphatic carbocycles. The van der Waals surface area contributed by atoms with E-state index in [1.165, 1.54) is 12.1 Å². The lowest BCUT2D eigenvalue weighted by atomic mass is 9.64. The number of carboxylic acids is 1. The molecule has 0 heterocycles. The minimum absolute atomic E-state index is 0.0475. The summed E-state index contributed by atoms with van der Waals surface area (Å²) in [4.78, 5) is 11.8. The number of hydrogen-bond donors (Lipinski definition) is 4. The lowest BCUT2D eigenvalue weighted by molar-refractivity contribution is 0.0693. The van der Waals surface area contributed by atoms with E-state index in [1.54, 1.807) is 6.07 Å². The number of hydrogen-bond acceptors (Lipinski definition) is 4. The zero-order valence-corrected chi connectivity index (χ0v) is 20.4. The van der Waals surface area contributed by atoms with Gasteiger partial charge in [0.2, 0.25) is 0 Å². The molecule has 3 unspecified atom stereocenters. The largest absolute Gasteiger partial charge is 0.507 e. The summed E-state index contributed by atoms with van der Waals surface area (Å²) in [6.07, 6.45) is 2.96. The summed E-state index contributed by atoms with van der Waals surface area (Å²) in [7, 11) is 0. The molecule has 8 heteroatoms. The number of nitrogens with one attached hydrogen (secondary N) is 1. The van der Waals surface area contributed by atoms with Crippen molar-refractivity contribution in [3.05, 3.63) is 50.0 Å². The van der Waals surface area contributed by atoms with Crippen molar-refractivity contribution in [2.75, 3.05) is 5.32 Å². The van der Waals surface area contributed by atoms with Crippen LogP contribution in [-0.2, 0) is 6.54 Å². The molecule has 3 atom stereocenters. The predicted octanol–water partition coefficient (Wildman–Crippen LogP) is 7.30. The van der Waals surface area contributed by atoms with E-state index in [0.717, 1.165) is 19.3 Å². The summed E-state index contributed by atoms with van der Waals surface area (Å²) in [5, 5.41) is 35.0. The van der Waals surface area contributed by atoms with Crippen molar-refractivity contribution in [3.63, 3.8) is 0 Å². The SMILES string of the molecule is CC1(C)C2CCC1(C)C(c1c(O)c(C(=O)O)cc(Cl)c1NCc1cc(Cl)cc(Cl)c1O)C2. The maximum absolute atomic E-state index is 11.8. The second kappa shape index (κ2) is 7.89. The predicted molar refractivity (Wildman–Crippen MR) is 127 cm³/mol. The van der Waals surface area contributed by atoms with Crippen LogP contribution in [0, 0.1) is 16.7 Å². The van der Waals surface area contributed by atoms with Crippen LogP contribution in [0.25, 0.3) is 0 Å². The van der Waals surface area contributed by atoms with Gasteiger partial charge < -0.3 is 20.6 Å². The van der Waals surface area contributed by atoms with Crippen LogP contribution in [0.1, 0.15) is 67.4 Å².